The van der Waals surface area contributed by atoms with Gasteiger partial charge in [-0.15, -0.1) is 0 Å². The summed E-state index contributed by atoms with van der Waals surface area (Å²) in [6.45, 7) is 3.79. The lowest BCUT2D eigenvalue weighted by Gasteiger charge is -2.12. The molecule has 0 spiro atoms. The summed E-state index contributed by atoms with van der Waals surface area (Å²) in [7, 11) is 0. The first-order chi connectivity index (χ1) is 14.1. The van der Waals surface area contributed by atoms with Gasteiger partial charge < -0.3 is 14.4 Å². The third-order valence-electron chi connectivity index (χ3n) is 4.72. The van der Waals surface area contributed by atoms with Crippen molar-refractivity contribution in [2.75, 3.05) is 6.61 Å². The number of carboxylic acids is 1. The number of aliphatic carboxylic acids is 1. The number of halogens is 4. The number of benzene rings is 2. The zero-order chi connectivity index (χ0) is 22.1. The number of carbonyl (C=O) groups is 1. The van der Waals surface area contributed by atoms with E-state index in [1.807, 2.05) is 6.92 Å². The molecule has 0 aliphatic carbocycles. The zero-order valence-corrected chi connectivity index (χ0v) is 16.4. The van der Waals surface area contributed by atoms with Gasteiger partial charge in [0, 0.05) is 18.1 Å². The molecule has 0 bridgehead atoms. The van der Waals surface area contributed by atoms with Crippen LogP contribution in [0.4, 0.5) is 17.6 Å². The van der Waals surface area contributed by atoms with Crippen molar-refractivity contribution in [1.29, 1.82) is 0 Å². The van der Waals surface area contributed by atoms with E-state index in [1.165, 1.54) is 0 Å². The number of hydrogen-bond donors (Lipinski definition) is 1. The lowest BCUT2D eigenvalue weighted by molar-refractivity contribution is -0.138. The van der Waals surface area contributed by atoms with E-state index in [4.69, 9.17) is 9.84 Å². The van der Waals surface area contributed by atoms with Crippen molar-refractivity contribution < 1.29 is 32.2 Å². The molecule has 0 aliphatic rings. The monoisotopic (exact) mass is 424 g/mol. The predicted molar refractivity (Wildman–Crippen MR) is 102 cm³/mol. The lowest BCUT2D eigenvalue weighted by atomic mass is 10.1. The second-order valence-electron chi connectivity index (χ2n) is 7.00. The number of imidazole rings is 1. The molecule has 1 heterocycles. The number of aryl methyl sites for hydroxylation is 2. The Hall–Kier alpha value is -3.10. The van der Waals surface area contributed by atoms with Gasteiger partial charge in [0.25, 0.3) is 0 Å². The molecule has 0 unspecified atom stereocenters. The maximum absolute atomic E-state index is 14.3. The van der Waals surface area contributed by atoms with Crippen molar-refractivity contribution in [2.24, 2.45) is 0 Å². The molecule has 0 aliphatic heterocycles. The van der Waals surface area contributed by atoms with Crippen LogP contribution >= 0.6 is 0 Å². The maximum atomic E-state index is 14.3. The van der Waals surface area contributed by atoms with Gasteiger partial charge in [0.2, 0.25) is 0 Å². The molecule has 0 saturated carbocycles. The molecule has 0 amide bonds. The van der Waals surface area contributed by atoms with E-state index < -0.39 is 23.5 Å². The Morgan fingerprint density at radius 3 is 2.57 bits per heavy atom. The fraction of sp³-hybridized carbons (Fsp3) is 0.333. The van der Waals surface area contributed by atoms with E-state index in [0.29, 0.717) is 35.1 Å². The second-order valence-corrected chi connectivity index (χ2v) is 7.00. The third kappa shape index (κ3) is 4.72. The van der Waals surface area contributed by atoms with Crippen LogP contribution < -0.4 is 4.74 Å². The normalized spacial score (nSPS) is 11.8. The minimum absolute atomic E-state index is 0.00815. The summed E-state index contributed by atoms with van der Waals surface area (Å²) in [5.74, 6) is -0.753. The fourth-order valence-corrected chi connectivity index (χ4v) is 3.19. The molecular formula is C21H20F4N2O3. The molecule has 5 nitrogen and oxygen atoms in total. The standard InChI is InChI=1S/C21H20F4N2O3/c1-12-8-16(30-7-3-4-19(28)29)10-18-20(12)26-13(2)27(18)11-14-5-6-15(9-17(14)22)21(23,24)25/h5-6,8-10H,3-4,7,11H2,1-2H3,(H,28,29). The summed E-state index contributed by atoms with van der Waals surface area (Å²) >= 11 is 0. The zero-order valence-electron chi connectivity index (χ0n) is 16.4. The van der Waals surface area contributed by atoms with E-state index >= 15 is 0 Å². The maximum Gasteiger partial charge on any atom is 0.416 e. The Bertz CT molecular complexity index is 1090. The number of ether oxygens (including phenoxy) is 1. The molecule has 9 heteroatoms. The molecule has 0 atom stereocenters. The van der Waals surface area contributed by atoms with Gasteiger partial charge in [-0.1, -0.05) is 6.07 Å². The Morgan fingerprint density at radius 1 is 1.20 bits per heavy atom. The molecule has 1 aromatic heterocycles. The third-order valence-corrected chi connectivity index (χ3v) is 4.72. The topological polar surface area (TPSA) is 64.3 Å². The first-order valence-corrected chi connectivity index (χ1v) is 9.24. The molecule has 3 rings (SSSR count). The van der Waals surface area contributed by atoms with Gasteiger partial charge in [-0.3, -0.25) is 4.79 Å². The van der Waals surface area contributed by atoms with Crippen LogP contribution in [0.25, 0.3) is 11.0 Å². The summed E-state index contributed by atoms with van der Waals surface area (Å²) in [5.41, 5.74) is 1.22. The molecule has 0 radical (unpaired) electrons. The Morgan fingerprint density at radius 2 is 1.93 bits per heavy atom. The highest BCUT2D eigenvalue weighted by Crippen LogP contribution is 2.31. The number of nitrogens with zero attached hydrogens (tertiary/aromatic N) is 2. The predicted octanol–water partition coefficient (Wildman–Crippen LogP) is 5.10. The molecule has 0 saturated heterocycles. The van der Waals surface area contributed by atoms with Gasteiger partial charge in [-0.05, 0) is 44.0 Å². The highest BCUT2D eigenvalue weighted by Gasteiger charge is 2.31. The largest absolute Gasteiger partial charge is 0.493 e. The minimum Gasteiger partial charge on any atom is -0.493 e. The van der Waals surface area contributed by atoms with Gasteiger partial charge in [0.15, 0.2) is 0 Å². The lowest BCUT2D eigenvalue weighted by Crippen LogP contribution is -2.08. The van der Waals surface area contributed by atoms with Crippen LogP contribution in [-0.2, 0) is 17.5 Å². The van der Waals surface area contributed by atoms with Crippen molar-refractivity contribution in [3.63, 3.8) is 0 Å². The van der Waals surface area contributed by atoms with Crippen molar-refractivity contribution in [1.82, 2.24) is 9.55 Å². The summed E-state index contributed by atoms with van der Waals surface area (Å²) in [4.78, 5) is 15.1. The number of carboxylic acid groups (broad SMARTS) is 1. The molecular weight excluding hydrogens is 404 g/mol. The van der Waals surface area contributed by atoms with Crippen molar-refractivity contribution in [3.05, 3.63) is 58.7 Å². The molecule has 2 aromatic carbocycles. The molecule has 0 fully saturated rings. The average molecular weight is 424 g/mol. The van der Waals surface area contributed by atoms with Gasteiger partial charge in [-0.25, -0.2) is 9.37 Å². The number of hydrogen-bond acceptors (Lipinski definition) is 3. The van der Waals surface area contributed by atoms with Crippen molar-refractivity contribution in [2.45, 2.75) is 39.4 Å². The van der Waals surface area contributed by atoms with Crippen LogP contribution in [-0.4, -0.2) is 27.2 Å². The smallest absolute Gasteiger partial charge is 0.416 e. The summed E-state index contributed by atoms with van der Waals surface area (Å²) < 4.78 is 60.0. The molecule has 30 heavy (non-hydrogen) atoms. The SMILES string of the molecule is Cc1cc(OCCCC(=O)O)cc2c1nc(C)n2Cc1ccc(C(F)(F)F)cc1F. The average Bonchev–Trinajstić information content (AvgIpc) is 2.96. The Labute approximate surface area is 169 Å². The van der Waals surface area contributed by atoms with Crippen molar-refractivity contribution >= 4 is 17.0 Å². The summed E-state index contributed by atoms with van der Waals surface area (Å²) in [5, 5.41) is 8.70. The van der Waals surface area contributed by atoms with Gasteiger partial charge in [-0.2, -0.15) is 13.2 Å². The second kappa shape index (κ2) is 8.33. The van der Waals surface area contributed by atoms with Gasteiger partial charge in [0.1, 0.15) is 17.4 Å². The highest BCUT2D eigenvalue weighted by atomic mass is 19.4. The molecule has 3 aromatic rings. The van der Waals surface area contributed by atoms with E-state index in [-0.39, 0.29) is 25.1 Å². The van der Waals surface area contributed by atoms with Crippen LogP contribution in [0.2, 0.25) is 0 Å². The highest BCUT2D eigenvalue weighted by molar-refractivity contribution is 5.81. The van der Waals surface area contributed by atoms with Crippen LogP contribution in [0.3, 0.4) is 0 Å². The van der Waals surface area contributed by atoms with Crippen LogP contribution in [0.15, 0.2) is 30.3 Å². The minimum atomic E-state index is -4.61. The first-order valence-electron chi connectivity index (χ1n) is 9.24. The quantitative estimate of drug-likeness (QED) is 0.423. The van der Waals surface area contributed by atoms with Crippen LogP contribution in [0.1, 0.15) is 35.4 Å². The van der Waals surface area contributed by atoms with E-state index in [2.05, 4.69) is 4.98 Å². The first kappa shape index (κ1) is 21.6. The van der Waals surface area contributed by atoms with E-state index in [1.54, 1.807) is 23.6 Å². The molecule has 160 valence electrons. The number of rotatable bonds is 7. The summed E-state index contributed by atoms with van der Waals surface area (Å²) in [6, 6.07) is 5.97. The van der Waals surface area contributed by atoms with E-state index in [0.717, 1.165) is 17.7 Å². The van der Waals surface area contributed by atoms with Gasteiger partial charge in [0.05, 0.1) is 29.7 Å². The Balaban J connectivity index is 1.90. The van der Waals surface area contributed by atoms with Crippen LogP contribution in [0.5, 0.6) is 5.75 Å². The van der Waals surface area contributed by atoms with Crippen molar-refractivity contribution in [3.8, 4) is 5.75 Å². The molecule has 1 N–H and O–H groups in total. The fourth-order valence-electron chi connectivity index (χ4n) is 3.19. The number of aromatic nitrogens is 2. The Kier molecular flexibility index (Phi) is 6.00. The van der Waals surface area contributed by atoms with Crippen LogP contribution in [0, 0.1) is 19.7 Å². The van der Waals surface area contributed by atoms with Gasteiger partial charge >= 0.3 is 12.1 Å². The summed E-state index contributed by atoms with van der Waals surface area (Å²) in [6.07, 6.45) is -4.27. The number of fused-ring (bicyclic) bond motifs is 1. The van der Waals surface area contributed by atoms with E-state index in [9.17, 15) is 22.4 Å². The number of alkyl halides is 3.